The number of thiocarbonyl (C=S) groups is 2. The first kappa shape index (κ1) is 115. The number of nitrogens with zero attached hydrogens (tertiary/aromatic N) is 12. The molecule has 2 aromatic carbocycles. The number of carbonyl (C=O) groups is 1. The zero-order valence-corrected chi connectivity index (χ0v) is 95.9. The summed E-state index contributed by atoms with van der Waals surface area (Å²) in [5.41, 5.74) is 15.8. The Kier molecular flexibility index (Phi) is 44.9. The van der Waals surface area contributed by atoms with Gasteiger partial charge in [-0.2, -0.15) is 22.8 Å². The van der Waals surface area contributed by atoms with Crippen LogP contribution < -0.4 is 22.4 Å². The van der Waals surface area contributed by atoms with Crippen LogP contribution in [0.25, 0.3) is 152 Å². The first-order chi connectivity index (χ1) is 67.1. The van der Waals surface area contributed by atoms with Gasteiger partial charge in [0.1, 0.15) is 48.1 Å². The number of hydrogen-bond acceptors (Lipinski definition) is 32. The topological polar surface area (TPSA) is 278 Å². The molecular weight excluding hydrogens is 2360 g/mol. The van der Waals surface area contributed by atoms with E-state index in [1.165, 1.54) is 91.2 Å². The van der Waals surface area contributed by atoms with Crippen molar-refractivity contribution in [2.75, 3.05) is 25.1 Å². The van der Waals surface area contributed by atoms with Crippen molar-refractivity contribution in [3.05, 3.63) is 282 Å². The molecule has 0 saturated heterocycles. The van der Waals surface area contributed by atoms with E-state index in [0.29, 0.717) is 46.9 Å². The van der Waals surface area contributed by atoms with E-state index < -0.39 is 22.4 Å². The number of alkyl halides is 1. The molecule has 15 aromatic heterocycles. The average Bonchev–Trinajstić information content (AvgIpc) is 1.63. The first-order valence-corrected chi connectivity index (χ1v) is 57.9. The van der Waals surface area contributed by atoms with E-state index in [0.717, 1.165) is 132 Å². The number of halogens is 4. The number of thiazole rings is 3. The highest BCUT2D eigenvalue weighted by Gasteiger charge is 2.38. The summed E-state index contributed by atoms with van der Waals surface area (Å²) in [6.45, 7) is 47.7. The summed E-state index contributed by atoms with van der Waals surface area (Å²) in [5, 5.41) is 38.7. The summed E-state index contributed by atoms with van der Waals surface area (Å²) in [7, 11) is 3.21. The number of nitrogens with two attached hydrogens (primary N) is 2. The second-order valence-electron chi connectivity index (χ2n) is 30.5. The summed E-state index contributed by atoms with van der Waals surface area (Å²) >= 11 is 46.2. The third-order valence-electron chi connectivity index (χ3n) is 19.6. The number of benzene rings is 2. The number of hydrogen-bond donors (Lipinski definition) is 4. The number of rotatable bonds is 30. The van der Waals surface area contributed by atoms with E-state index in [9.17, 15) is 20.3 Å². The van der Waals surface area contributed by atoms with Gasteiger partial charge in [0.2, 0.25) is 17.1 Å². The van der Waals surface area contributed by atoms with Gasteiger partial charge in [-0.15, -0.1) is 147 Å². The molecule has 0 spiro atoms. The third-order valence-corrected chi connectivity index (χ3v) is 37.2. The Bertz CT molecular complexity index is 7140. The van der Waals surface area contributed by atoms with E-state index in [1.807, 2.05) is 131 Å². The van der Waals surface area contributed by atoms with Crippen molar-refractivity contribution in [2.24, 2.45) is 11.5 Å². The minimum Gasteiger partial charge on any atom is -0.427 e. The van der Waals surface area contributed by atoms with Crippen molar-refractivity contribution in [2.45, 2.75) is 105 Å². The van der Waals surface area contributed by atoms with Crippen molar-refractivity contribution in [3.63, 3.8) is 0 Å². The highest BCUT2D eigenvalue weighted by Crippen LogP contribution is 2.47. The molecule has 0 aliphatic rings. The third kappa shape index (κ3) is 32.8. The normalized spacial score (nSPS) is 11.6. The fourth-order valence-electron chi connectivity index (χ4n) is 11.2. The molecule has 0 atom stereocenters. The van der Waals surface area contributed by atoms with Crippen LogP contribution in [-0.2, 0) is 18.8 Å². The Balaban J connectivity index is 0.000000186. The van der Waals surface area contributed by atoms with Gasteiger partial charge in [0.05, 0.1) is 92.7 Å². The predicted octanol–water partition coefficient (Wildman–Crippen LogP) is 30.9. The van der Waals surface area contributed by atoms with Crippen molar-refractivity contribution in [1.29, 1.82) is 5.26 Å². The molecule has 0 fully saturated rings. The number of carbonyl (C=O) groups excluding carboxylic acids is 1. The van der Waals surface area contributed by atoms with Gasteiger partial charge in [-0.25, -0.2) is 26.1 Å². The molecule has 6 N–H and O–H groups in total. The molecule has 0 saturated carbocycles. The fraction of sp³-hybridized carbons (Fsp3) is 0.206. The summed E-state index contributed by atoms with van der Waals surface area (Å²) in [5.74, 6) is 0. The van der Waals surface area contributed by atoms with E-state index in [1.54, 1.807) is 169 Å². The second kappa shape index (κ2) is 55.3. The van der Waals surface area contributed by atoms with Gasteiger partial charge in [-0.3, -0.25) is 14.8 Å². The van der Waals surface area contributed by atoms with Crippen LogP contribution in [0.15, 0.2) is 197 Å². The van der Waals surface area contributed by atoms with E-state index in [2.05, 4.69) is 216 Å². The van der Waals surface area contributed by atoms with Crippen LogP contribution in [0.4, 0.5) is 0 Å². The molecular formula is C97H84B2Br4N14O7S17. The number of nitriles is 1. The monoisotopic (exact) mass is 2440 g/mol. The lowest BCUT2D eigenvalue weighted by Crippen LogP contribution is -2.49. The summed E-state index contributed by atoms with van der Waals surface area (Å²) in [6.07, 6.45) is 13.4. The molecule has 2 radical (unpaired) electrons. The summed E-state index contributed by atoms with van der Waals surface area (Å²) in [6, 6.07) is 51.6. The fourth-order valence-corrected chi connectivity index (χ4v) is 26.0. The van der Waals surface area contributed by atoms with Crippen molar-refractivity contribution >= 4 is 364 Å². The Morgan fingerprint density at radius 2 is 0.801 bits per heavy atom. The maximum atomic E-state index is 10.5. The Hall–Kier alpha value is -8.36. The number of thiophene rings is 10. The number of aldehydes is 1. The van der Waals surface area contributed by atoms with Gasteiger partial charge in [-0.05, 0) is 274 Å². The van der Waals surface area contributed by atoms with Gasteiger partial charge in [0.15, 0.2) is 17.6 Å². The number of fused-ring (bicyclic) bond motifs is 2. The molecule has 0 unspecified atom stereocenters. The Morgan fingerprint density at radius 1 is 0.468 bits per heavy atom. The van der Waals surface area contributed by atoms with Crippen molar-refractivity contribution < 1.29 is 33.8 Å². The molecule has 141 heavy (non-hydrogen) atoms. The Morgan fingerprint density at radius 3 is 1.10 bits per heavy atom. The lowest BCUT2D eigenvalue weighted by Gasteiger charge is -2.37. The molecule has 17 rings (SSSR count). The van der Waals surface area contributed by atoms with Crippen LogP contribution in [0.5, 0.6) is 0 Å². The molecule has 44 heteroatoms. The van der Waals surface area contributed by atoms with Crippen LogP contribution in [0.3, 0.4) is 0 Å². The van der Waals surface area contributed by atoms with E-state index >= 15 is 0 Å². The first-order valence-electron chi connectivity index (χ1n) is 41.3. The predicted molar refractivity (Wildman–Crippen MR) is 629 cm³/mol. The zero-order valence-electron chi connectivity index (χ0n) is 75.7. The van der Waals surface area contributed by atoms with Crippen LogP contribution in [-0.4, -0.2) is 128 Å². The van der Waals surface area contributed by atoms with Crippen LogP contribution >= 0.6 is 259 Å². The van der Waals surface area contributed by atoms with E-state index in [4.69, 9.17) is 77.5 Å². The van der Waals surface area contributed by atoms with Crippen LogP contribution in [0.1, 0.15) is 121 Å². The lowest BCUT2D eigenvalue weighted by molar-refractivity contribution is -0.119. The number of aliphatic hydroxyl groups is 2. The lowest BCUT2D eigenvalue weighted by atomic mass is 9.77. The minimum absolute atomic E-state index is 0. The van der Waals surface area contributed by atoms with Gasteiger partial charge in [-0.1, -0.05) is 72.1 Å². The van der Waals surface area contributed by atoms with Gasteiger partial charge < -0.3 is 45.3 Å². The quantitative estimate of drug-likeness (QED) is 0.00476. The highest BCUT2D eigenvalue weighted by atomic mass is 79.9. The van der Waals surface area contributed by atoms with Gasteiger partial charge >= 0.3 is 15.0 Å². The molecule has 720 valence electrons. The molecule has 0 aliphatic carbocycles. The molecule has 0 amide bonds. The number of ether oxygens (including phenoxy) is 2. The molecule has 17 aromatic rings. The molecule has 15 heterocycles. The van der Waals surface area contributed by atoms with Crippen LogP contribution in [0.2, 0.25) is 0 Å². The molecule has 0 aliphatic heterocycles. The standard InChI is InChI=1S/C34H16N6S7.C18H28B2N2O4S.C14H7BrN2S3.C12H7BrN2S3.C9H5BrOS2.C6H13BrO2.C3H4N2S.CH4/c1-36-24(34-38-13-15-42-34)17-21-3-7-28(44-21)30-11-9-26(46-30)23-5-4-22(31-32(23)40-47-39-31)25-8-10-29(45-25)27-6-2-20(43-27)16-19(18-35)33-37-12-14-41-33;1-15(2,23)17(5,6)25-19-11-9-10-12(14-13(11)21-27-22-14)20-26-18(7,8)16(3,4)24;1-16-10(14-17-6-7-18-14)8-9-2-3-11(19-9)12-4-5-13(15)20-12;1-15-8(12(14)16)6-7-2-3-9(17-7)10-4-5-11(13)18-10;10-9-4-3-8(13-9)7-2-1-6(5-11)12-7;1-3-8-6(5-7)9-4-2;1-5-2-3(4)6;/h2-17H;9-10,23-24H,1-8H3;2-8H;2-6H,(H2,14,16);1-5H;6H,3-5H2,1-2H3;2H2,(H2,4,6);1H4/b19-16+,24-17-;;10-8-;8-6-;;;;. The SMILES string of the molecule is C.CC(C)(O)C(C)(C)O[B]c1ccc([B]OC(C)(C)C(C)(C)O)c2nsnc12.CCOC(CBr)OCC.O=Cc1ccc(-c2ccc(Br)s2)s1.[C-]#[N+]/C(=C\c1ccc(-c2ccc(-c3ccc(-c4ccc(-c5ccc(/C=C(\C#N)c6nccs6)s5)s4)c4nsnc34)s2)s1)c1nccs1.[C-]#[N+]/C(=C\c1ccc(-c2ccc(Br)s2)s1)C(N)=S.[C-]#[N+]/C(=C\c1ccc(-c2ccc(Br)s2)s1)c1nccs1.[C-]#[N+]CC(N)=S. The van der Waals surface area contributed by atoms with Crippen molar-refractivity contribution in [3.8, 4) is 75.7 Å². The largest absolute Gasteiger partial charge is 0.427 e. The minimum atomic E-state index is -1.01. The molecule has 0 bridgehead atoms. The average molecular weight is 2440 g/mol. The van der Waals surface area contributed by atoms with Gasteiger partial charge in [0.25, 0.3) is 6.54 Å². The number of allylic oxidation sites excluding steroid dienone is 1. The van der Waals surface area contributed by atoms with Crippen LogP contribution in [0, 0.1) is 37.6 Å². The maximum absolute atomic E-state index is 10.5. The Labute approximate surface area is 925 Å². The maximum Gasteiger partial charge on any atom is 0.333 e. The smallest absolute Gasteiger partial charge is 0.333 e. The highest BCUT2D eigenvalue weighted by molar-refractivity contribution is 9.11. The summed E-state index contributed by atoms with van der Waals surface area (Å²) < 4.78 is 43.5. The van der Waals surface area contributed by atoms with Crippen molar-refractivity contribution in [1.82, 2.24) is 32.4 Å². The number of aromatic nitrogens is 7. The second-order valence-corrected chi connectivity index (χ2v) is 50.9. The molecule has 21 nitrogen and oxygen atoms in total. The van der Waals surface area contributed by atoms with Gasteiger partial charge in [0, 0.05) is 137 Å². The summed E-state index contributed by atoms with van der Waals surface area (Å²) in [4.78, 5) is 56.1. The zero-order chi connectivity index (χ0) is 101. The van der Waals surface area contributed by atoms with E-state index in [-0.39, 0.29) is 30.2 Å².